The van der Waals surface area contributed by atoms with Gasteiger partial charge in [-0.15, -0.1) is 0 Å². The van der Waals surface area contributed by atoms with E-state index < -0.39 is 0 Å². The maximum atomic E-state index is 12.7. The number of nitrogens with one attached hydrogen (secondary N) is 2. The van der Waals surface area contributed by atoms with Crippen LogP contribution in [-0.2, 0) is 6.54 Å². The standard InChI is InChI=1S/C20H17N5OS/c26-19(18-13-22-20(27)25(18)17-9-5-2-6-10-17)21-11-15-12-23-24(14-15)16-7-3-1-4-8-16/h1-10,12-14H,11H2,(H,21,26)(H,22,27). The number of imidazole rings is 1. The van der Waals surface area contributed by atoms with Gasteiger partial charge in [-0.05, 0) is 36.5 Å². The molecule has 0 unspecified atom stereocenters. The van der Waals surface area contributed by atoms with Crippen molar-refractivity contribution in [2.24, 2.45) is 0 Å². The predicted octanol–water partition coefficient (Wildman–Crippen LogP) is 3.65. The molecule has 0 radical (unpaired) electrons. The largest absolute Gasteiger partial charge is 0.347 e. The van der Waals surface area contributed by atoms with Gasteiger partial charge < -0.3 is 10.3 Å². The number of H-pyrrole nitrogens is 1. The lowest BCUT2D eigenvalue weighted by molar-refractivity contribution is 0.0944. The number of para-hydroxylation sites is 2. The van der Waals surface area contributed by atoms with E-state index in [9.17, 15) is 4.79 Å². The molecular weight excluding hydrogens is 358 g/mol. The minimum absolute atomic E-state index is 0.210. The van der Waals surface area contributed by atoms with Gasteiger partial charge >= 0.3 is 0 Å². The first-order chi connectivity index (χ1) is 13.2. The first-order valence-corrected chi connectivity index (χ1v) is 8.86. The number of hydrogen-bond donors (Lipinski definition) is 2. The van der Waals surface area contributed by atoms with Crippen LogP contribution in [0.1, 0.15) is 16.1 Å². The minimum atomic E-state index is -0.210. The van der Waals surface area contributed by atoms with Crippen LogP contribution >= 0.6 is 12.2 Å². The predicted molar refractivity (Wildman–Crippen MR) is 106 cm³/mol. The lowest BCUT2D eigenvalue weighted by atomic mass is 10.3. The van der Waals surface area contributed by atoms with Crippen LogP contribution in [0, 0.1) is 4.77 Å². The lowest BCUT2D eigenvalue weighted by Crippen LogP contribution is -2.25. The molecule has 2 heterocycles. The maximum Gasteiger partial charge on any atom is 0.270 e. The summed E-state index contributed by atoms with van der Waals surface area (Å²) in [5, 5.41) is 7.27. The molecule has 0 saturated carbocycles. The molecule has 134 valence electrons. The smallest absolute Gasteiger partial charge is 0.270 e. The van der Waals surface area contributed by atoms with Crippen molar-refractivity contribution in [1.29, 1.82) is 0 Å². The van der Waals surface area contributed by atoms with Gasteiger partial charge in [0, 0.05) is 30.2 Å². The first-order valence-electron chi connectivity index (χ1n) is 8.45. The van der Waals surface area contributed by atoms with Crippen molar-refractivity contribution in [2.75, 3.05) is 0 Å². The van der Waals surface area contributed by atoms with E-state index in [-0.39, 0.29) is 5.91 Å². The molecule has 4 rings (SSSR count). The van der Waals surface area contributed by atoms with Gasteiger partial charge in [0.05, 0.1) is 11.9 Å². The van der Waals surface area contributed by atoms with Crippen molar-refractivity contribution in [3.8, 4) is 11.4 Å². The minimum Gasteiger partial charge on any atom is -0.347 e. The van der Waals surface area contributed by atoms with E-state index in [0.717, 1.165) is 16.9 Å². The lowest BCUT2D eigenvalue weighted by Gasteiger charge is -2.08. The number of carbonyl (C=O) groups is 1. The van der Waals surface area contributed by atoms with Gasteiger partial charge in [0.2, 0.25) is 0 Å². The van der Waals surface area contributed by atoms with E-state index in [1.807, 2.05) is 66.9 Å². The normalized spacial score (nSPS) is 10.7. The SMILES string of the molecule is O=C(NCc1cnn(-c2ccccc2)c1)c1c[nH]c(=S)n1-c1ccccc1. The second-order valence-corrected chi connectivity index (χ2v) is 6.35. The number of carbonyl (C=O) groups excluding carboxylic acids is 1. The molecule has 6 nitrogen and oxygen atoms in total. The fraction of sp³-hybridized carbons (Fsp3) is 0.0500. The summed E-state index contributed by atoms with van der Waals surface area (Å²) >= 11 is 5.32. The summed E-state index contributed by atoms with van der Waals surface area (Å²) in [5.74, 6) is -0.210. The molecule has 4 aromatic rings. The van der Waals surface area contributed by atoms with Crippen LogP contribution in [-0.4, -0.2) is 25.2 Å². The molecule has 0 aliphatic heterocycles. The molecule has 2 aromatic heterocycles. The summed E-state index contributed by atoms with van der Waals surface area (Å²) < 4.78 is 3.98. The van der Waals surface area contributed by atoms with E-state index in [2.05, 4.69) is 15.4 Å². The fourth-order valence-corrected chi connectivity index (χ4v) is 3.08. The van der Waals surface area contributed by atoms with Crippen LogP contribution in [0.5, 0.6) is 0 Å². The first kappa shape index (κ1) is 17.0. The van der Waals surface area contributed by atoms with Crippen LogP contribution in [0.4, 0.5) is 0 Å². The zero-order valence-corrected chi connectivity index (χ0v) is 15.2. The Kier molecular flexibility index (Phi) is 4.67. The Morgan fingerprint density at radius 3 is 2.41 bits per heavy atom. The van der Waals surface area contributed by atoms with E-state index in [0.29, 0.717) is 17.0 Å². The van der Waals surface area contributed by atoms with Crippen molar-refractivity contribution in [3.63, 3.8) is 0 Å². The molecule has 27 heavy (non-hydrogen) atoms. The molecule has 0 fully saturated rings. The monoisotopic (exact) mass is 375 g/mol. The molecule has 2 N–H and O–H groups in total. The highest BCUT2D eigenvalue weighted by atomic mass is 32.1. The third-order valence-corrected chi connectivity index (χ3v) is 4.43. The molecule has 0 atom stereocenters. The quantitative estimate of drug-likeness (QED) is 0.523. The van der Waals surface area contributed by atoms with Crippen molar-refractivity contribution in [3.05, 3.63) is 95.3 Å². The molecule has 0 aliphatic carbocycles. The molecule has 7 heteroatoms. The molecular formula is C20H17N5OS. The molecule has 0 saturated heterocycles. The Labute approximate surface area is 161 Å². The molecule has 1 amide bonds. The van der Waals surface area contributed by atoms with Gasteiger partial charge in [-0.1, -0.05) is 36.4 Å². The van der Waals surface area contributed by atoms with Gasteiger partial charge in [-0.25, -0.2) is 4.68 Å². The summed E-state index contributed by atoms with van der Waals surface area (Å²) in [6.45, 7) is 0.373. The highest BCUT2D eigenvalue weighted by Crippen LogP contribution is 2.13. The Balaban J connectivity index is 1.50. The summed E-state index contributed by atoms with van der Waals surface area (Å²) in [6, 6.07) is 19.4. The zero-order valence-electron chi connectivity index (χ0n) is 14.4. The average Bonchev–Trinajstić information content (AvgIpc) is 3.34. The van der Waals surface area contributed by atoms with E-state index in [4.69, 9.17) is 12.2 Å². The third kappa shape index (κ3) is 3.58. The second-order valence-electron chi connectivity index (χ2n) is 5.96. The molecule has 0 bridgehead atoms. The summed E-state index contributed by atoms with van der Waals surface area (Å²) in [7, 11) is 0. The van der Waals surface area contributed by atoms with E-state index in [1.54, 1.807) is 21.6 Å². The van der Waals surface area contributed by atoms with Crippen LogP contribution < -0.4 is 5.32 Å². The highest BCUT2D eigenvalue weighted by Gasteiger charge is 2.14. The average molecular weight is 375 g/mol. The van der Waals surface area contributed by atoms with E-state index >= 15 is 0 Å². The van der Waals surface area contributed by atoms with Gasteiger partial charge in [0.25, 0.3) is 5.91 Å². The maximum absolute atomic E-state index is 12.7. The van der Waals surface area contributed by atoms with E-state index in [1.165, 1.54) is 0 Å². The zero-order chi connectivity index (χ0) is 18.6. The number of aromatic nitrogens is 4. The Morgan fingerprint density at radius 1 is 1.04 bits per heavy atom. The van der Waals surface area contributed by atoms with Crippen molar-refractivity contribution in [2.45, 2.75) is 6.54 Å². The Bertz CT molecular complexity index is 1110. The van der Waals surface area contributed by atoms with Crippen molar-refractivity contribution in [1.82, 2.24) is 24.6 Å². The molecule has 2 aromatic carbocycles. The van der Waals surface area contributed by atoms with Crippen LogP contribution in [0.25, 0.3) is 11.4 Å². The number of hydrogen-bond acceptors (Lipinski definition) is 3. The third-order valence-electron chi connectivity index (χ3n) is 4.13. The fourth-order valence-electron chi connectivity index (χ4n) is 2.82. The topological polar surface area (TPSA) is 67.6 Å². The summed E-state index contributed by atoms with van der Waals surface area (Å²) in [6.07, 6.45) is 5.27. The summed E-state index contributed by atoms with van der Waals surface area (Å²) in [5.41, 5.74) is 3.18. The molecule has 0 aliphatic rings. The van der Waals surface area contributed by atoms with Gasteiger partial charge in [0.15, 0.2) is 4.77 Å². The van der Waals surface area contributed by atoms with Gasteiger partial charge in [-0.2, -0.15) is 5.10 Å². The van der Waals surface area contributed by atoms with Crippen LogP contribution in [0.2, 0.25) is 0 Å². The second kappa shape index (κ2) is 7.43. The number of rotatable bonds is 5. The highest BCUT2D eigenvalue weighted by molar-refractivity contribution is 7.71. The summed E-state index contributed by atoms with van der Waals surface area (Å²) in [4.78, 5) is 15.6. The number of aromatic amines is 1. The number of nitrogens with zero attached hydrogens (tertiary/aromatic N) is 3. The van der Waals surface area contributed by atoms with Crippen LogP contribution in [0.3, 0.4) is 0 Å². The Hall–Kier alpha value is -3.45. The van der Waals surface area contributed by atoms with Crippen LogP contribution in [0.15, 0.2) is 79.3 Å². The Morgan fingerprint density at radius 2 is 1.70 bits per heavy atom. The molecule has 0 spiro atoms. The van der Waals surface area contributed by atoms with Crippen molar-refractivity contribution < 1.29 is 4.79 Å². The number of amides is 1. The number of benzene rings is 2. The van der Waals surface area contributed by atoms with Crippen molar-refractivity contribution >= 4 is 18.1 Å². The van der Waals surface area contributed by atoms with Gasteiger partial charge in [-0.3, -0.25) is 9.36 Å². The van der Waals surface area contributed by atoms with Gasteiger partial charge in [0.1, 0.15) is 5.69 Å².